The minimum atomic E-state index is 0. The molecule has 5 unspecified atom stereocenters. The third-order valence-corrected chi connectivity index (χ3v) is 1.99. The molecule has 100 valence electrons. The fourth-order valence-corrected chi connectivity index (χ4v) is 1.75. The predicted molar refractivity (Wildman–Crippen MR) is 88.5 cm³/mol. The molecule has 0 aliphatic carbocycles. The van der Waals surface area contributed by atoms with Crippen LogP contribution in [0.4, 0.5) is 0 Å². The van der Waals surface area contributed by atoms with Crippen molar-refractivity contribution < 1.29 is 8.37 Å². The van der Waals surface area contributed by atoms with Gasteiger partial charge in [-0.2, -0.15) is 9.90 Å². The lowest BCUT2D eigenvalue weighted by Crippen LogP contribution is -2.05. The first-order chi connectivity index (χ1) is 6.93. The van der Waals surface area contributed by atoms with Gasteiger partial charge in [0.15, 0.2) is 0 Å². The summed E-state index contributed by atoms with van der Waals surface area (Å²) < 4.78 is 9.15. The van der Waals surface area contributed by atoms with Crippen LogP contribution in [0.5, 0.6) is 0 Å². The zero-order chi connectivity index (χ0) is 12.3. The first kappa shape index (κ1) is 22.5. The topological polar surface area (TPSA) is 18.5 Å². The summed E-state index contributed by atoms with van der Waals surface area (Å²) in [6, 6.07) is 0. The van der Waals surface area contributed by atoms with Crippen molar-refractivity contribution in [2.75, 3.05) is 13.2 Å². The van der Waals surface area contributed by atoms with Gasteiger partial charge in [0, 0.05) is 0 Å². The summed E-state index contributed by atoms with van der Waals surface area (Å²) in [4.78, 5) is 0. The highest BCUT2D eigenvalue weighted by Crippen LogP contribution is 2.10. The Kier molecular flexibility index (Phi) is 23.0. The van der Waals surface area contributed by atoms with Crippen molar-refractivity contribution in [3.05, 3.63) is 6.92 Å². The van der Waals surface area contributed by atoms with E-state index in [0.717, 1.165) is 13.0 Å². The maximum atomic E-state index is 4.67. The Bertz CT molecular complexity index is 127. The monoisotopic (exact) mass is 305 g/mol. The molecule has 0 aromatic carbocycles. The molecular weight excluding hydrogens is 278 g/mol. The van der Waals surface area contributed by atoms with E-state index in [9.17, 15) is 0 Å². The molecule has 6 heteroatoms. The van der Waals surface area contributed by atoms with Crippen molar-refractivity contribution in [1.29, 1.82) is 0 Å². The van der Waals surface area contributed by atoms with Crippen LogP contribution >= 0.6 is 45.0 Å². The van der Waals surface area contributed by atoms with E-state index >= 15 is 0 Å². The highest BCUT2D eigenvalue weighted by atomic mass is 32.1. The molecule has 0 aromatic heterocycles. The normalized spacial score (nSPS) is 15.1. The lowest BCUT2D eigenvalue weighted by atomic mass is 10.0. The second kappa shape index (κ2) is 16.4. The molecule has 0 fully saturated rings. The van der Waals surface area contributed by atoms with E-state index in [1.807, 2.05) is 6.92 Å². The molecule has 0 spiro atoms. The summed E-state index contributed by atoms with van der Waals surface area (Å²) in [7, 11) is 2.60. The third kappa shape index (κ3) is 24.5. The smallest absolute Gasteiger partial charge is 0.0928 e. The molecule has 0 aliphatic rings. The van der Waals surface area contributed by atoms with E-state index < -0.39 is 0 Å². The number of hydrogen-bond donors (Lipinski definition) is 2. The minimum absolute atomic E-state index is 0. The quantitative estimate of drug-likeness (QED) is 0.338. The average molecular weight is 305 g/mol. The van der Waals surface area contributed by atoms with Crippen molar-refractivity contribution in [2.45, 2.75) is 32.9 Å². The van der Waals surface area contributed by atoms with Gasteiger partial charge in [0.05, 0.1) is 26.1 Å². The van der Waals surface area contributed by atoms with Crippen LogP contribution in [0.15, 0.2) is 0 Å². The molecule has 0 rings (SSSR count). The molecule has 0 amide bonds. The number of thiol groups is 2. The summed E-state index contributed by atoms with van der Waals surface area (Å²) >= 11 is 7.21. The summed E-state index contributed by atoms with van der Waals surface area (Å²) in [6.07, 6.45) is 1.11. The van der Waals surface area contributed by atoms with Gasteiger partial charge in [-0.1, -0.05) is 13.8 Å². The summed E-state index contributed by atoms with van der Waals surface area (Å²) in [5, 5.41) is 0. The van der Waals surface area contributed by atoms with Crippen molar-refractivity contribution in [3.63, 3.8) is 0 Å². The zero-order valence-corrected chi connectivity index (χ0v) is 14.9. The van der Waals surface area contributed by atoms with Crippen molar-refractivity contribution in [2.24, 2.45) is 11.8 Å². The molecule has 2 nitrogen and oxygen atoms in total. The van der Waals surface area contributed by atoms with Crippen LogP contribution in [0, 0.1) is 18.8 Å². The van der Waals surface area contributed by atoms with Gasteiger partial charge in [-0.05, 0) is 50.7 Å². The fraction of sp³-hybridized carbons (Fsp3) is 0.900. The maximum Gasteiger partial charge on any atom is 0.0928 e. The second-order valence-corrected chi connectivity index (χ2v) is 5.67. The van der Waals surface area contributed by atoms with Crippen LogP contribution in [0.3, 0.4) is 0 Å². The Morgan fingerprint density at radius 2 is 1.56 bits per heavy atom. The molecule has 0 aromatic rings. The predicted octanol–water partition coefficient (Wildman–Crippen LogP) is 3.51. The molecule has 5 atom stereocenters. The highest BCUT2D eigenvalue weighted by Gasteiger charge is 2.07. The first-order valence-corrected chi connectivity index (χ1v) is 6.45. The van der Waals surface area contributed by atoms with Crippen LogP contribution in [-0.2, 0) is 8.37 Å². The number of hydrogen-bond acceptors (Lipinski definition) is 4. The largest absolute Gasteiger partial charge is 0.318 e. The van der Waals surface area contributed by atoms with Gasteiger partial charge in [0.25, 0.3) is 0 Å². The molecule has 0 radical (unpaired) electrons. The van der Waals surface area contributed by atoms with Gasteiger partial charge in [-0.3, -0.25) is 0 Å². The van der Waals surface area contributed by atoms with E-state index in [1.54, 1.807) is 0 Å². The van der Waals surface area contributed by atoms with E-state index in [0.29, 0.717) is 24.1 Å². The lowest BCUT2D eigenvalue weighted by molar-refractivity contribution is 0.282. The summed E-state index contributed by atoms with van der Waals surface area (Å²) in [5.74, 6) is 1.10. The van der Waals surface area contributed by atoms with Crippen LogP contribution in [0.25, 0.3) is 0 Å². The van der Waals surface area contributed by atoms with Crippen LogP contribution in [-0.4, -0.2) is 18.9 Å². The van der Waals surface area contributed by atoms with Gasteiger partial charge in [0.2, 0.25) is 0 Å². The lowest BCUT2D eigenvalue weighted by Gasteiger charge is -2.07. The number of rotatable bonds is 6. The Morgan fingerprint density at radius 1 is 1.12 bits per heavy atom. The molecule has 16 heavy (non-hydrogen) atoms. The van der Waals surface area contributed by atoms with Gasteiger partial charge >= 0.3 is 0 Å². The van der Waals surface area contributed by atoms with Gasteiger partial charge in [0.1, 0.15) is 0 Å². The van der Waals surface area contributed by atoms with E-state index in [-0.39, 0.29) is 9.90 Å². The maximum absolute atomic E-state index is 4.67. The van der Waals surface area contributed by atoms with Crippen LogP contribution in [0.1, 0.15) is 27.2 Å². The summed E-state index contributed by atoms with van der Waals surface area (Å²) in [5.41, 5.74) is 0.516. The van der Waals surface area contributed by atoms with Gasteiger partial charge in [-0.25, -0.2) is 0 Å². The Hall–Kier alpha value is 1.35. The van der Waals surface area contributed by atoms with Crippen molar-refractivity contribution in [3.8, 4) is 0 Å². The molecule has 0 bridgehead atoms. The molecular formula is C10H27O2P2S2+. The van der Waals surface area contributed by atoms with E-state index in [2.05, 4.69) is 64.2 Å². The van der Waals surface area contributed by atoms with Crippen LogP contribution in [0.2, 0.25) is 0 Å². The average Bonchev–Trinajstić information content (AvgIpc) is 2.03. The summed E-state index contributed by atoms with van der Waals surface area (Å²) in [6.45, 7) is 11.6. The SMILES string of the molecule is CC(P)COS.P.[CH2+]C(C)CC(C)COS. The van der Waals surface area contributed by atoms with Crippen LogP contribution < -0.4 is 0 Å². The first-order valence-electron chi connectivity index (χ1n) is 5.05. The molecule has 0 N–H and O–H groups in total. The highest BCUT2D eigenvalue weighted by molar-refractivity contribution is 7.75. The fourth-order valence-electron chi connectivity index (χ4n) is 1.000. The van der Waals surface area contributed by atoms with E-state index in [1.165, 1.54) is 0 Å². The molecule has 0 saturated carbocycles. The Labute approximate surface area is 118 Å². The standard InChI is InChI=1S/C7H14OS.C3H9OPS.H3P/c1-6(2)4-7(3)5-8-9;1-3(5)2-4-6;/h6-7H,1,4-5H2,2-3H3;3,6H,2,5H2,1H3;1H3/p+1. The Morgan fingerprint density at radius 3 is 1.75 bits per heavy atom. The molecule has 0 aliphatic heterocycles. The van der Waals surface area contributed by atoms with Gasteiger partial charge < -0.3 is 8.37 Å². The second-order valence-electron chi connectivity index (χ2n) is 4.01. The Balaban J connectivity index is -0.000000214. The minimum Gasteiger partial charge on any atom is -0.318 e. The van der Waals surface area contributed by atoms with E-state index in [4.69, 9.17) is 0 Å². The van der Waals surface area contributed by atoms with Crippen molar-refractivity contribution >= 4 is 45.0 Å². The molecule has 0 saturated heterocycles. The third-order valence-electron chi connectivity index (χ3n) is 1.50. The zero-order valence-electron chi connectivity index (χ0n) is 10.6. The molecule has 0 heterocycles. The van der Waals surface area contributed by atoms with Crippen molar-refractivity contribution in [1.82, 2.24) is 0 Å². The van der Waals surface area contributed by atoms with Gasteiger partial charge in [-0.15, -0.1) is 9.24 Å².